The number of fused-ring (bicyclic) bond motifs is 1. The number of nitrogens with zero attached hydrogens (tertiary/aromatic N) is 2. The van der Waals surface area contributed by atoms with Crippen LogP contribution in [0.5, 0.6) is 5.75 Å². The molecule has 1 aromatic carbocycles. The lowest BCUT2D eigenvalue weighted by Gasteiger charge is -2.25. The third-order valence-electron chi connectivity index (χ3n) is 3.86. The molecular weight excluding hydrogens is 353 g/mol. The van der Waals surface area contributed by atoms with Gasteiger partial charge in [-0.2, -0.15) is 13.2 Å². The maximum atomic E-state index is 12.7. The van der Waals surface area contributed by atoms with Gasteiger partial charge >= 0.3 is 12.3 Å². The van der Waals surface area contributed by atoms with E-state index in [1.165, 1.54) is 12.3 Å². The van der Waals surface area contributed by atoms with E-state index in [0.717, 1.165) is 23.1 Å². The molecule has 2 aliphatic rings. The van der Waals surface area contributed by atoms with Crippen LogP contribution in [0.2, 0.25) is 0 Å². The first kappa shape index (κ1) is 17.7. The third kappa shape index (κ3) is 3.46. The second-order valence-corrected chi connectivity index (χ2v) is 5.62. The van der Waals surface area contributed by atoms with E-state index in [1.54, 1.807) is 12.1 Å². The van der Waals surface area contributed by atoms with Crippen molar-refractivity contribution in [1.82, 2.24) is 0 Å². The Morgan fingerprint density at radius 3 is 2.81 bits per heavy atom. The average molecular weight is 366 g/mol. The molecule has 0 bridgehead atoms. The standard InChI is InChI=1S/C17H13F3N2O4/c18-17(19,20)11-5-4-10(8-13(11)23)9-22(16(24)25)12-2-1-3-14-15(12)21-6-7-26-14/h1-6,8,11H,7,9H2,(H,24,25). The summed E-state index contributed by atoms with van der Waals surface area (Å²) in [6.07, 6.45) is -1.86. The predicted molar refractivity (Wildman–Crippen MR) is 87.2 cm³/mol. The highest BCUT2D eigenvalue weighted by atomic mass is 19.4. The molecule has 0 radical (unpaired) electrons. The molecule has 1 atom stereocenters. The number of hydrogen-bond acceptors (Lipinski definition) is 4. The number of hydrogen-bond donors (Lipinski definition) is 1. The van der Waals surface area contributed by atoms with E-state index in [1.807, 2.05) is 0 Å². The molecule has 0 fully saturated rings. The minimum absolute atomic E-state index is 0.149. The summed E-state index contributed by atoms with van der Waals surface area (Å²) in [6, 6.07) is 4.72. The Morgan fingerprint density at radius 2 is 2.15 bits per heavy atom. The Hall–Kier alpha value is -3.10. The number of carbonyl (C=O) groups is 2. The molecule has 1 aliphatic heterocycles. The number of anilines is 1. The van der Waals surface area contributed by atoms with Gasteiger partial charge in [0, 0.05) is 6.21 Å². The van der Waals surface area contributed by atoms with Crippen LogP contribution in [0.3, 0.4) is 0 Å². The topological polar surface area (TPSA) is 79.2 Å². The number of aliphatic imine (C=N–C) groups is 1. The molecule has 6 nitrogen and oxygen atoms in total. The van der Waals surface area contributed by atoms with Crippen molar-refractivity contribution in [3.8, 4) is 5.75 Å². The van der Waals surface area contributed by atoms with E-state index in [2.05, 4.69) is 4.99 Å². The van der Waals surface area contributed by atoms with E-state index in [-0.39, 0.29) is 24.4 Å². The summed E-state index contributed by atoms with van der Waals surface area (Å²) in [6.45, 7) is -0.0428. The van der Waals surface area contributed by atoms with Gasteiger partial charge in [-0.25, -0.2) is 4.79 Å². The summed E-state index contributed by atoms with van der Waals surface area (Å²) in [4.78, 5) is 28.4. The molecule has 0 aromatic heterocycles. The van der Waals surface area contributed by atoms with E-state index in [0.29, 0.717) is 11.4 Å². The lowest BCUT2D eigenvalue weighted by Crippen LogP contribution is -2.34. The number of amides is 1. The monoisotopic (exact) mass is 366 g/mol. The highest BCUT2D eigenvalue weighted by Crippen LogP contribution is 2.39. The molecule has 26 heavy (non-hydrogen) atoms. The maximum Gasteiger partial charge on any atom is 0.412 e. The number of para-hydroxylation sites is 1. The van der Waals surface area contributed by atoms with Crippen LogP contribution < -0.4 is 9.64 Å². The Morgan fingerprint density at radius 1 is 1.38 bits per heavy atom. The minimum atomic E-state index is -4.67. The summed E-state index contributed by atoms with van der Waals surface area (Å²) >= 11 is 0. The second kappa shape index (κ2) is 6.66. The molecule has 0 spiro atoms. The minimum Gasteiger partial charge on any atom is -0.486 e. The van der Waals surface area contributed by atoms with Crippen molar-refractivity contribution in [3.63, 3.8) is 0 Å². The van der Waals surface area contributed by atoms with Crippen molar-refractivity contribution in [3.05, 3.63) is 42.0 Å². The van der Waals surface area contributed by atoms with Crippen molar-refractivity contribution in [2.24, 2.45) is 10.9 Å². The highest BCUT2D eigenvalue weighted by molar-refractivity contribution is 5.97. The summed E-state index contributed by atoms with van der Waals surface area (Å²) in [7, 11) is 0. The summed E-state index contributed by atoms with van der Waals surface area (Å²) in [5, 5.41) is 9.52. The second-order valence-electron chi connectivity index (χ2n) is 5.62. The maximum absolute atomic E-state index is 12.7. The van der Waals surface area contributed by atoms with E-state index >= 15 is 0 Å². The number of halogens is 3. The van der Waals surface area contributed by atoms with Crippen molar-refractivity contribution >= 4 is 29.5 Å². The van der Waals surface area contributed by atoms with Crippen molar-refractivity contribution in [2.45, 2.75) is 6.18 Å². The predicted octanol–water partition coefficient (Wildman–Crippen LogP) is 3.51. The number of alkyl halides is 3. The normalized spacial score (nSPS) is 18.8. The van der Waals surface area contributed by atoms with Gasteiger partial charge in [0.15, 0.2) is 5.78 Å². The molecule has 3 rings (SSSR count). The number of ether oxygens (including phenoxy) is 1. The Labute approximate surface area is 145 Å². The Balaban J connectivity index is 1.89. The Bertz CT molecular complexity index is 843. The van der Waals surface area contributed by atoms with Gasteiger partial charge in [-0.3, -0.25) is 14.7 Å². The molecule has 1 aliphatic carbocycles. The lowest BCUT2D eigenvalue weighted by atomic mass is 9.94. The van der Waals surface area contributed by atoms with Crippen molar-refractivity contribution in [1.29, 1.82) is 0 Å². The molecule has 1 heterocycles. The summed E-state index contributed by atoms with van der Waals surface area (Å²) < 4.78 is 43.6. The first-order chi connectivity index (χ1) is 12.3. The summed E-state index contributed by atoms with van der Waals surface area (Å²) in [5.41, 5.74) is 0.669. The van der Waals surface area contributed by atoms with Crippen LogP contribution in [0.4, 0.5) is 29.3 Å². The fourth-order valence-corrected chi connectivity index (χ4v) is 2.67. The molecule has 0 saturated heterocycles. The molecule has 0 saturated carbocycles. The van der Waals surface area contributed by atoms with Gasteiger partial charge in [0.25, 0.3) is 0 Å². The van der Waals surface area contributed by atoms with Gasteiger partial charge < -0.3 is 9.84 Å². The number of ketones is 1. The van der Waals surface area contributed by atoms with Crippen molar-refractivity contribution in [2.75, 3.05) is 18.1 Å². The zero-order valence-corrected chi connectivity index (χ0v) is 13.2. The zero-order valence-electron chi connectivity index (χ0n) is 13.2. The van der Waals surface area contributed by atoms with Crippen LogP contribution >= 0.6 is 0 Å². The van der Waals surface area contributed by atoms with Gasteiger partial charge in [0.2, 0.25) is 0 Å². The average Bonchev–Trinajstić information content (AvgIpc) is 2.58. The van der Waals surface area contributed by atoms with E-state index in [9.17, 15) is 27.9 Å². The van der Waals surface area contributed by atoms with Crippen LogP contribution in [0, 0.1) is 5.92 Å². The van der Waals surface area contributed by atoms with Gasteiger partial charge in [0.05, 0.1) is 12.2 Å². The first-order valence-corrected chi connectivity index (χ1v) is 7.55. The van der Waals surface area contributed by atoms with Crippen LogP contribution in [0.1, 0.15) is 0 Å². The fraction of sp³-hybridized carbons (Fsp3) is 0.235. The molecule has 136 valence electrons. The number of benzene rings is 1. The largest absolute Gasteiger partial charge is 0.486 e. The molecule has 1 N–H and O–H groups in total. The molecule has 1 aromatic rings. The molecule has 1 unspecified atom stereocenters. The lowest BCUT2D eigenvalue weighted by molar-refractivity contribution is -0.168. The first-order valence-electron chi connectivity index (χ1n) is 7.55. The van der Waals surface area contributed by atoms with Gasteiger partial charge in [-0.05, 0) is 23.8 Å². The number of rotatable bonds is 3. The molecular formula is C17H13F3N2O4. The third-order valence-corrected chi connectivity index (χ3v) is 3.86. The molecule has 1 amide bonds. The number of carbonyl (C=O) groups excluding carboxylic acids is 1. The van der Waals surface area contributed by atoms with Crippen LogP contribution in [-0.4, -0.2) is 42.5 Å². The smallest absolute Gasteiger partial charge is 0.412 e. The number of allylic oxidation sites excluding steroid dienone is 2. The van der Waals surface area contributed by atoms with Gasteiger partial charge in [-0.15, -0.1) is 0 Å². The van der Waals surface area contributed by atoms with Gasteiger partial charge in [-0.1, -0.05) is 18.2 Å². The zero-order chi connectivity index (χ0) is 18.9. The van der Waals surface area contributed by atoms with Crippen LogP contribution in [0.15, 0.2) is 47.0 Å². The Kier molecular flexibility index (Phi) is 4.54. The summed E-state index contributed by atoms with van der Waals surface area (Å²) in [5.74, 6) is -2.93. The van der Waals surface area contributed by atoms with Crippen molar-refractivity contribution < 1.29 is 32.6 Å². The van der Waals surface area contributed by atoms with Crippen LogP contribution in [-0.2, 0) is 4.79 Å². The number of carboxylic acid groups (broad SMARTS) is 1. The van der Waals surface area contributed by atoms with E-state index < -0.39 is 24.0 Å². The van der Waals surface area contributed by atoms with Gasteiger partial charge in [0.1, 0.15) is 24.0 Å². The van der Waals surface area contributed by atoms with Crippen LogP contribution in [0.25, 0.3) is 0 Å². The fourth-order valence-electron chi connectivity index (χ4n) is 2.67. The quantitative estimate of drug-likeness (QED) is 0.888. The highest BCUT2D eigenvalue weighted by Gasteiger charge is 2.43. The van der Waals surface area contributed by atoms with E-state index in [4.69, 9.17) is 4.74 Å². The SMILES string of the molecule is O=C1C=C(CN(C(=O)O)c2cccc3c2N=CCO3)C=CC1C(F)(F)F. The molecule has 9 heteroatoms.